The molecule has 0 fully saturated rings. The number of benzene rings is 1. The minimum absolute atomic E-state index is 0.394. The van der Waals surface area contributed by atoms with E-state index < -0.39 is 6.67 Å². The van der Waals surface area contributed by atoms with Crippen LogP contribution in [0.5, 0.6) is 11.5 Å². The molecule has 0 spiro atoms. The van der Waals surface area contributed by atoms with Gasteiger partial charge in [0.2, 0.25) is 0 Å². The van der Waals surface area contributed by atoms with Crippen molar-refractivity contribution in [1.29, 1.82) is 0 Å². The lowest BCUT2D eigenvalue weighted by Gasteiger charge is -2.13. The maximum absolute atomic E-state index is 13.0. The van der Waals surface area contributed by atoms with Crippen molar-refractivity contribution in [2.75, 3.05) is 20.0 Å². The molecule has 1 aromatic carbocycles. The molecule has 1 aromatic heterocycles. The summed E-state index contributed by atoms with van der Waals surface area (Å²) in [5, 5.41) is 6.47. The maximum Gasteiger partial charge on any atom is 0.166 e. The van der Waals surface area contributed by atoms with Gasteiger partial charge in [0.15, 0.2) is 11.5 Å². The van der Waals surface area contributed by atoms with Crippen molar-refractivity contribution in [3.05, 3.63) is 23.9 Å². The molecule has 0 aliphatic heterocycles. The number of nitrogens with zero attached hydrogens (tertiary/aromatic N) is 1. The third-order valence-corrected chi connectivity index (χ3v) is 2.68. The first kappa shape index (κ1) is 12.2. The molecule has 0 amide bonds. The summed E-state index contributed by atoms with van der Waals surface area (Å²) in [6.45, 7) is -0.648. The van der Waals surface area contributed by atoms with Crippen LogP contribution in [0.2, 0.25) is 0 Å². The zero-order valence-corrected chi connectivity index (χ0v) is 10.2. The second-order valence-electron chi connectivity index (χ2n) is 3.70. The van der Waals surface area contributed by atoms with Crippen LogP contribution in [0.15, 0.2) is 18.3 Å². The van der Waals surface area contributed by atoms with Gasteiger partial charge in [0, 0.05) is 11.1 Å². The molecule has 0 atom stereocenters. The van der Waals surface area contributed by atoms with Gasteiger partial charge in [-0.25, -0.2) is 4.39 Å². The van der Waals surface area contributed by atoms with E-state index in [2.05, 4.69) is 10.2 Å². The number of rotatable bonds is 4. The zero-order valence-electron chi connectivity index (χ0n) is 10.2. The number of aromatic nitrogens is 2. The number of nitrogens with two attached hydrogens (primary N) is 1. The van der Waals surface area contributed by atoms with Gasteiger partial charge in [-0.05, 0) is 17.7 Å². The molecular weight excluding hydrogens is 237 g/mol. The molecule has 0 saturated carbocycles. The minimum Gasteiger partial charge on any atom is -0.493 e. The summed E-state index contributed by atoms with van der Waals surface area (Å²) in [6, 6.07) is 3.40. The van der Waals surface area contributed by atoms with Gasteiger partial charge in [-0.1, -0.05) is 0 Å². The van der Waals surface area contributed by atoms with Crippen molar-refractivity contribution >= 4 is 5.82 Å². The van der Waals surface area contributed by atoms with Crippen LogP contribution >= 0.6 is 0 Å². The average molecular weight is 251 g/mol. The third-order valence-electron chi connectivity index (χ3n) is 2.68. The second kappa shape index (κ2) is 4.95. The zero-order chi connectivity index (χ0) is 13.1. The van der Waals surface area contributed by atoms with Crippen LogP contribution in [-0.2, 0) is 6.67 Å². The number of hydrogen-bond donors (Lipinski definition) is 2. The van der Waals surface area contributed by atoms with Gasteiger partial charge in [-0.15, -0.1) is 0 Å². The lowest BCUT2D eigenvalue weighted by molar-refractivity contribution is 0.345. The Balaban J connectivity index is 2.60. The Hall–Kier alpha value is -2.24. The van der Waals surface area contributed by atoms with Gasteiger partial charge in [0.05, 0.1) is 20.4 Å². The molecule has 0 aliphatic carbocycles. The highest BCUT2D eigenvalue weighted by molar-refractivity contribution is 5.76. The predicted octanol–water partition coefficient (Wildman–Crippen LogP) is 2.15. The number of hydrogen-bond acceptors (Lipinski definition) is 4. The van der Waals surface area contributed by atoms with E-state index >= 15 is 0 Å². The molecule has 6 heteroatoms. The van der Waals surface area contributed by atoms with Crippen LogP contribution < -0.4 is 15.2 Å². The lowest BCUT2D eigenvalue weighted by Crippen LogP contribution is -1.96. The third kappa shape index (κ3) is 1.97. The maximum atomic E-state index is 13.0. The van der Waals surface area contributed by atoms with Crippen molar-refractivity contribution in [3.8, 4) is 22.6 Å². The van der Waals surface area contributed by atoms with Crippen LogP contribution in [0.4, 0.5) is 10.2 Å². The number of anilines is 1. The van der Waals surface area contributed by atoms with Gasteiger partial charge in [0.1, 0.15) is 12.5 Å². The SMILES string of the molecule is COc1cc(-c2cn[nH]c2N)cc(CF)c1OC. The van der Waals surface area contributed by atoms with Crippen molar-refractivity contribution in [1.82, 2.24) is 10.2 Å². The molecule has 0 saturated heterocycles. The number of nitrogen functional groups attached to an aromatic ring is 1. The van der Waals surface area contributed by atoms with Crippen molar-refractivity contribution in [2.45, 2.75) is 6.67 Å². The number of ether oxygens (including phenoxy) is 2. The monoisotopic (exact) mass is 251 g/mol. The van der Waals surface area contributed by atoms with Gasteiger partial charge < -0.3 is 15.2 Å². The first-order chi connectivity index (χ1) is 8.71. The van der Waals surface area contributed by atoms with Gasteiger partial charge in [0.25, 0.3) is 0 Å². The molecule has 2 rings (SSSR count). The summed E-state index contributed by atoms with van der Waals surface area (Å²) in [5.41, 5.74) is 7.58. The number of methoxy groups -OCH3 is 2. The van der Waals surface area contributed by atoms with E-state index in [1.807, 2.05) is 0 Å². The van der Waals surface area contributed by atoms with Crippen molar-refractivity contribution < 1.29 is 13.9 Å². The smallest absolute Gasteiger partial charge is 0.166 e. The van der Waals surface area contributed by atoms with Crippen LogP contribution in [0.25, 0.3) is 11.1 Å². The second-order valence-corrected chi connectivity index (χ2v) is 3.70. The Morgan fingerprint density at radius 1 is 1.33 bits per heavy atom. The van der Waals surface area contributed by atoms with E-state index in [1.165, 1.54) is 14.2 Å². The normalized spacial score (nSPS) is 10.4. The van der Waals surface area contributed by atoms with Crippen molar-refractivity contribution in [3.63, 3.8) is 0 Å². The Bertz CT molecular complexity index is 529. The van der Waals surface area contributed by atoms with Crippen molar-refractivity contribution in [2.24, 2.45) is 0 Å². The summed E-state index contributed by atoms with van der Waals surface area (Å²) < 4.78 is 23.4. The first-order valence-electron chi connectivity index (χ1n) is 5.31. The molecule has 0 bridgehead atoms. The summed E-state index contributed by atoms with van der Waals surface area (Å²) in [7, 11) is 2.98. The largest absolute Gasteiger partial charge is 0.493 e. The number of nitrogens with one attached hydrogen (secondary N) is 1. The van der Waals surface area contributed by atoms with Gasteiger partial charge in [-0.3, -0.25) is 5.10 Å². The molecule has 1 heterocycles. The fourth-order valence-corrected chi connectivity index (χ4v) is 1.82. The fraction of sp³-hybridized carbons (Fsp3) is 0.250. The quantitative estimate of drug-likeness (QED) is 0.873. The number of halogens is 1. The van der Waals surface area contributed by atoms with E-state index in [4.69, 9.17) is 15.2 Å². The molecule has 0 unspecified atom stereocenters. The molecule has 18 heavy (non-hydrogen) atoms. The predicted molar refractivity (Wildman–Crippen MR) is 66.4 cm³/mol. The highest BCUT2D eigenvalue weighted by Crippen LogP contribution is 2.37. The first-order valence-corrected chi connectivity index (χ1v) is 5.31. The molecule has 5 nitrogen and oxygen atoms in total. The molecular formula is C12H14FN3O2. The molecule has 0 aliphatic rings. The van der Waals surface area contributed by atoms with Gasteiger partial charge >= 0.3 is 0 Å². The van der Waals surface area contributed by atoms with E-state index in [-0.39, 0.29) is 0 Å². The Morgan fingerprint density at radius 3 is 2.61 bits per heavy atom. The van der Waals surface area contributed by atoms with E-state index in [0.717, 1.165) is 5.56 Å². The van der Waals surface area contributed by atoms with Crippen LogP contribution in [0, 0.1) is 0 Å². The van der Waals surface area contributed by atoms with Crippen LogP contribution in [0.1, 0.15) is 5.56 Å². The molecule has 96 valence electrons. The minimum atomic E-state index is -0.648. The standard InChI is InChI=1S/C12H14FN3O2/c1-17-10-4-7(9-6-15-16-12(9)14)3-8(5-13)11(10)18-2/h3-4,6H,5H2,1-2H3,(H3,14,15,16). The van der Waals surface area contributed by atoms with Crippen LogP contribution in [0.3, 0.4) is 0 Å². The van der Waals surface area contributed by atoms with E-state index in [9.17, 15) is 4.39 Å². The Labute approximate surface area is 104 Å². The lowest BCUT2D eigenvalue weighted by atomic mass is 10.0. The topological polar surface area (TPSA) is 73.2 Å². The summed E-state index contributed by atoms with van der Waals surface area (Å²) in [5.74, 6) is 1.28. The summed E-state index contributed by atoms with van der Waals surface area (Å²) in [6.07, 6.45) is 1.58. The summed E-state index contributed by atoms with van der Waals surface area (Å²) >= 11 is 0. The fourth-order valence-electron chi connectivity index (χ4n) is 1.82. The highest BCUT2D eigenvalue weighted by atomic mass is 19.1. The molecule has 3 N–H and O–H groups in total. The Morgan fingerprint density at radius 2 is 2.11 bits per heavy atom. The average Bonchev–Trinajstić information content (AvgIpc) is 2.83. The number of aromatic amines is 1. The number of alkyl halides is 1. The highest BCUT2D eigenvalue weighted by Gasteiger charge is 2.15. The molecule has 2 aromatic rings. The van der Waals surface area contributed by atoms with E-state index in [0.29, 0.717) is 28.4 Å². The number of H-pyrrole nitrogens is 1. The Kier molecular flexibility index (Phi) is 3.36. The van der Waals surface area contributed by atoms with Gasteiger partial charge in [-0.2, -0.15) is 5.10 Å². The van der Waals surface area contributed by atoms with E-state index in [1.54, 1.807) is 18.3 Å². The summed E-state index contributed by atoms with van der Waals surface area (Å²) in [4.78, 5) is 0. The molecule has 0 radical (unpaired) electrons. The van der Waals surface area contributed by atoms with Crippen LogP contribution in [-0.4, -0.2) is 24.4 Å².